The molecule has 0 bridgehead atoms. The van der Waals surface area contributed by atoms with E-state index >= 15 is 0 Å². The van der Waals surface area contributed by atoms with E-state index in [9.17, 15) is 27.3 Å². The third kappa shape index (κ3) is 9.92. The van der Waals surface area contributed by atoms with Gasteiger partial charge in [0.05, 0.1) is 29.1 Å². The molecule has 13 nitrogen and oxygen atoms in total. The van der Waals surface area contributed by atoms with E-state index in [-0.39, 0.29) is 42.6 Å². The standard InChI is InChI=1S/C33H34FN7O6S3/c1-21-19-28(38-39-30(21)37-32-35-24-10-4-5-11-26(24)48-32)41(16-8-18-50(44,45)46)33-36-29(31(42)43)27(49-33)12-7-17-47-25-14-13-22(20-23(25)34)9-6-15-40(2)3/h4-5,10-11,13-14,19-20H,7-8,12,15-18H2,1-3H3,(H,42,43)(H,35,37,39)(H,44,45,46). The van der Waals surface area contributed by atoms with Gasteiger partial charge in [-0.3, -0.25) is 9.45 Å². The van der Waals surface area contributed by atoms with Gasteiger partial charge < -0.3 is 20.1 Å². The molecule has 0 aliphatic rings. The molecule has 2 aromatic carbocycles. The van der Waals surface area contributed by atoms with E-state index in [1.165, 1.54) is 23.5 Å². The van der Waals surface area contributed by atoms with Crippen LogP contribution in [0.2, 0.25) is 0 Å². The average Bonchev–Trinajstić information content (AvgIpc) is 3.67. The number of anilines is 4. The number of aryl methyl sites for hydroxylation is 2. The minimum absolute atomic E-state index is 0.00200. The minimum atomic E-state index is -4.25. The number of para-hydroxylation sites is 1. The first kappa shape index (κ1) is 36.5. The van der Waals surface area contributed by atoms with Crippen LogP contribution in [0.3, 0.4) is 0 Å². The van der Waals surface area contributed by atoms with E-state index in [1.54, 1.807) is 17.0 Å². The number of thiazole rings is 2. The number of hydrogen-bond donors (Lipinski definition) is 3. The lowest BCUT2D eigenvalue weighted by Crippen LogP contribution is -2.22. The van der Waals surface area contributed by atoms with E-state index in [1.807, 2.05) is 50.2 Å². The van der Waals surface area contributed by atoms with E-state index in [0.717, 1.165) is 21.6 Å². The summed E-state index contributed by atoms with van der Waals surface area (Å²) in [7, 11) is -0.470. The molecule has 0 saturated heterocycles. The summed E-state index contributed by atoms with van der Waals surface area (Å²) >= 11 is 2.57. The summed E-state index contributed by atoms with van der Waals surface area (Å²) in [5, 5.41) is 22.7. The molecule has 5 rings (SSSR count). The van der Waals surface area contributed by atoms with Crippen molar-refractivity contribution in [1.82, 2.24) is 25.1 Å². The van der Waals surface area contributed by atoms with Crippen molar-refractivity contribution in [2.75, 3.05) is 49.8 Å². The van der Waals surface area contributed by atoms with E-state index in [0.29, 0.717) is 45.7 Å². The molecule has 0 fully saturated rings. The van der Waals surface area contributed by atoms with Crippen LogP contribution in [-0.2, 0) is 16.5 Å². The molecule has 0 radical (unpaired) electrons. The molecule has 3 N–H and O–H groups in total. The molecule has 262 valence electrons. The van der Waals surface area contributed by atoms with Crippen LogP contribution in [0.15, 0.2) is 48.5 Å². The van der Waals surface area contributed by atoms with Gasteiger partial charge in [-0.25, -0.2) is 19.2 Å². The molecule has 0 spiro atoms. The topological polar surface area (TPSA) is 171 Å². The van der Waals surface area contributed by atoms with Crippen molar-refractivity contribution in [2.45, 2.75) is 26.2 Å². The number of halogens is 1. The van der Waals surface area contributed by atoms with Crippen molar-refractivity contribution in [1.29, 1.82) is 0 Å². The molecule has 0 amide bonds. The lowest BCUT2D eigenvalue weighted by atomic mass is 10.2. The predicted molar refractivity (Wildman–Crippen MR) is 192 cm³/mol. The van der Waals surface area contributed by atoms with Gasteiger partial charge in [0, 0.05) is 17.0 Å². The average molecular weight is 740 g/mol. The number of carbonyl (C=O) groups is 1. The molecule has 3 heterocycles. The molecular weight excluding hydrogens is 706 g/mol. The molecule has 3 aromatic heterocycles. The number of benzene rings is 2. The molecule has 0 aliphatic carbocycles. The first-order valence-corrected chi connectivity index (χ1v) is 18.6. The second kappa shape index (κ2) is 16.3. The van der Waals surface area contributed by atoms with Gasteiger partial charge >= 0.3 is 5.97 Å². The third-order valence-electron chi connectivity index (χ3n) is 7.04. The van der Waals surface area contributed by atoms with Crippen molar-refractivity contribution in [3.05, 3.63) is 76.0 Å². The van der Waals surface area contributed by atoms with Gasteiger partial charge in [0.25, 0.3) is 10.1 Å². The maximum atomic E-state index is 14.6. The zero-order chi connectivity index (χ0) is 35.8. The number of rotatable bonds is 15. The number of carboxylic acid groups (broad SMARTS) is 1. The normalized spacial score (nSPS) is 11.4. The Labute approximate surface area is 296 Å². The Kier molecular flexibility index (Phi) is 11.9. The summed E-state index contributed by atoms with van der Waals surface area (Å²) in [4.78, 5) is 25.1. The second-order valence-corrected chi connectivity index (χ2v) is 15.0. The highest BCUT2D eigenvalue weighted by molar-refractivity contribution is 7.85. The summed E-state index contributed by atoms with van der Waals surface area (Å²) in [6.45, 7) is 2.51. The van der Waals surface area contributed by atoms with Crippen molar-refractivity contribution in [3.8, 4) is 17.6 Å². The lowest BCUT2D eigenvalue weighted by Gasteiger charge is -2.21. The number of aromatic carboxylic acids is 1. The summed E-state index contributed by atoms with van der Waals surface area (Å²) in [6.07, 6.45) is 0.630. The largest absolute Gasteiger partial charge is 0.491 e. The summed E-state index contributed by atoms with van der Waals surface area (Å²) < 4.78 is 53.6. The van der Waals surface area contributed by atoms with Gasteiger partial charge in [-0.15, -0.1) is 21.5 Å². The van der Waals surface area contributed by atoms with Crippen molar-refractivity contribution in [3.63, 3.8) is 0 Å². The Balaban J connectivity index is 1.31. The maximum Gasteiger partial charge on any atom is 0.355 e. The molecular formula is C33H34FN7O6S3. The molecule has 50 heavy (non-hydrogen) atoms. The third-order valence-corrected chi connectivity index (χ3v) is 9.93. The molecule has 0 aliphatic heterocycles. The number of ether oxygens (including phenoxy) is 1. The van der Waals surface area contributed by atoms with Crippen molar-refractivity contribution in [2.24, 2.45) is 0 Å². The predicted octanol–water partition coefficient (Wildman–Crippen LogP) is 5.77. The number of nitrogens with zero attached hydrogens (tertiary/aromatic N) is 6. The zero-order valence-electron chi connectivity index (χ0n) is 27.4. The number of aromatic nitrogens is 4. The molecule has 0 saturated carbocycles. The van der Waals surface area contributed by atoms with Gasteiger partial charge in [-0.05, 0) is 82.2 Å². The number of hydrogen-bond acceptors (Lipinski definition) is 13. The SMILES string of the molecule is Cc1cc(N(CCCS(=O)(=O)O)c2nc(C(=O)O)c(CCCOc3ccc(C#CCN(C)C)cc3F)s2)nnc1Nc1nc2ccccc2s1. The van der Waals surface area contributed by atoms with Crippen LogP contribution in [0.1, 0.15) is 39.3 Å². The first-order chi connectivity index (χ1) is 23.9. The van der Waals surface area contributed by atoms with Gasteiger partial charge in [0.2, 0.25) is 0 Å². The van der Waals surface area contributed by atoms with E-state index in [4.69, 9.17) is 4.74 Å². The molecule has 5 aromatic rings. The highest BCUT2D eigenvalue weighted by Crippen LogP contribution is 2.34. The van der Waals surface area contributed by atoms with Crippen LogP contribution in [0.4, 0.5) is 26.3 Å². The van der Waals surface area contributed by atoms with Gasteiger partial charge in [0.15, 0.2) is 39.2 Å². The van der Waals surface area contributed by atoms with E-state index < -0.39 is 27.7 Å². The Hall–Kier alpha value is -4.73. The van der Waals surface area contributed by atoms with Gasteiger partial charge in [0.1, 0.15) is 0 Å². The zero-order valence-corrected chi connectivity index (χ0v) is 29.8. The number of nitrogens with one attached hydrogen (secondary N) is 1. The van der Waals surface area contributed by atoms with Crippen LogP contribution in [0, 0.1) is 24.6 Å². The highest BCUT2D eigenvalue weighted by atomic mass is 32.2. The van der Waals surface area contributed by atoms with Crippen LogP contribution < -0.4 is 15.0 Å². The molecule has 0 atom stereocenters. The smallest absolute Gasteiger partial charge is 0.355 e. The highest BCUT2D eigenvalue weighted by Gasteiger charge is 2.24. The fraction of sp³-hybridized carbons (Fsp3) is 0.303. The summed E-state index contributed by atoms with van der Waals surface area (Å²) in [5.41, 5.74) is 1.90. The number of carboxylic acids is 1. The van der Waals surface area contributed by atoms with Gasteiger partial charge in [-0.1, -0.05) is 35.3 Å². The Bertz CT molecular complexity index is 2130. The van der Waals surface area contributed by atoms with E-state index in [2.05, 4.69) is 37.3 Å². The Morgan fingerprint density at radius 1 is 1.08 bits per heavy atom. The van der Waals surface area contributed by atoms with Crippen LogP contribution >= 0.6 is 22.7 Å². The minimum Gasteiger partial charge on any atom is -0.491 e. The van der Waals surface area contributed by atoms with Crippen LogP contribution in [0.25, 0.3) is 10.2 Å². The maximum absolute atomic E-state index is 14.6. The monoisotopic (exact) mass is 739 g/mol. The van der Waals surface area contributed by atoms with Crippen LogP contribution in [-0.4, -0.2) is 88.7 Å². The second-order valence-electron chi connectivity index (χ2n) is 11.3. The van der Waals surface area contributed by atoms with Crippen LogP contribution in [0.5, 0.6) is 5.75 Å². The molecule has 0 unspecified atom stereocenters. The lowest BCUT2D eigenvalue weighted by molar-refractivity contribution is 0.0690. The quantitative estimate of drug-likeness (QED) is 0.0672. The summed E-state index contributed by atoms with van der Waals surface area (Å²) in [6, 6.07) is 13.9. The first-order valence-electron chi connectivity index (χ1n) is 15.3. The van der Waals surface area contributed by atoms with Crippen molar-refractivity contribution >= 4 is 70.9 Å². The van der Waals surface area contributed by atoms with Crippen molar-refractivity contribution < 1.29 is 32.0 Å². The molecule has 17 heteroatoms. The fourth-order valence-electron chi connectivity index (χ4n) is 4.67. The Morgan fingerprint density at radius 2 is 1.88 bits per heavy atom. The fourth-order valence-corrected chi connectivity index (χ4v) is 7.16. The van der Waals surface area contributed by atoms with Gasteiger partial charge in [-0.2, -0.15) is 8.42 Å². The summed E-state index contributed by atoms with van der Waals surface area (Å²) in [5.74, 6) is 4.37. The Morgan fingerprint density at radius 3 is 2.58 bits per heavy atom. The number of fused-ring (bicyclic) bond motifs is 1.